The molecule has 1 saturated heterocycles. The van der Waals surface area contributed by atoms with Crippen molar-refractivity contribution < 1.29 is 19.0 Å². The van der Waals surface area contributed by atoms with E-state index in [2.05, 4.69) is 10.3 Å². The number of benzene rings is 1. The van der Waals surface area contributed by atoms with Gasteiger partial charge in [0.15, 0.2) is 0 Å². The Morgan fingerprint density at radius 3 is 2.59 bits per heavy atom. The summed E-state index contributed by atoms with van der Waals surface area (Å²) in [6.45, 7) is 9.30. The topological polar surface area (TPSA) is 120 Å². The van der Waals surface area contributed by atoms with E-state index in [0.717, 1.165) is 5.56 Å². The second-order valence-electron chi connectivity index (χ2n) is 8.06. The van der Waals surface area contributed by atoms with E-state index in [1.165, 1.54) is 6.20 Å². The third-order valence-electron chi connectivity index (χ3n) is 5.96. The van der Waals surface area contributed by atoms with Crippen molar-refractivity contribution in [3.8, 4) is 5.75 Å². The van der Waals surface area contributed by atoms with Gasteiger partial charge in [0.05, 0.1) is 30.3 Å². The van der Waals surface area contributed by atoms with Crippen molar-refractivity contribution in [1.82, 2.24) is 4.98 Å². The smallest absolute Gasteiger partial charge is 0.279 e. The number of fused-ring (bicyclic) bond motifs is 1. The van der Waals surface area contributed by atoms with Gasteiger partial charge in [0.2, 0.25) is 0 Å². The quantitative estimate of drug-likeness (QED) is 0.464. The Labute approximate surface area is 192 Å². The van der Waals surface area contributed by atoms with Crippen LogP contribution in [0.2, 0.25) is 5.02 Å². The largest absolute Gasteiger partial charge is 0.487 e. The summed E-state index contributed by atoms with van der Waals surface area (Å²) in [5, 5.41) is 10.8. The van der Waals surface area contributed by atoms with E-state index in [-0.39, 0.29) is 35.6 Å². The Morgan fingerprint density at radius 1 is 1.31 bits per heavy atom. The van der Waals surface area contributed by atoms with Crippen molar-refractivity contribution in [2.45, 2.75) is 39.2 Å². The highest BCUT2D eigenvalue weighted by atomic mass is 35.5. The van der Waals surface area contributed by atoms with E-state index in [9.17, 15) is 4.79 Å². The first-order valence-electron chi connectivity index (χ1n) is 10.5. The summed E-state index contributed by atoms with van der Waals surface area (Å²) in [4.78, 5) is 16.6. The molecular formula is C23H29ClN4O4. The lowest BCUT2D eigenvalue weighted by Crippen LogP contribution is -2.65. The predicted molar refractivity (Wildman–Crippen MR) is 124 cm³/mol. The monoisotopic (exact) mass is 460 g/mol. The number of nitrogens with two attached hydrogens (primary N) is 1. The fraction of sp³-hybridized carbons (Fsp3) is 0.435. The van der Waals surface area contributed by atoms with Crippen LogP contribution in [0.3, 0.4) is 0 Å². The van der Waals surface area contributed by atoms with Crippen LogP contribution in [0.5, 0.6) is 5.75 Å². The molecule has 0 radical (unpaired) electrons. The minimum atomic E-state index is -0.499. The van der Waals surface area contributed by atoms with Gasteiger partial charge in [-0.05, 0) is 44.2 Å². The van der Waals surface area contributed by atoms with E-state index < -0.39 is 5.60 Å². The Morgan fingerprint density at radius 2 is 2.03 bits per heavy atom. The van der Waals surface area contributed by atoms with Gasteiger partial charge in [-0.3, -0.25) is 10.2 Å². The zero-order valence-electron chi connectivity index (χ0n) is 18.7. The Balaban J connectivity index is 0.00000141. The number of hydrogen-bond acceptors (Lipinski definition) is 6. The Bertz CT molecular complexity index is 990. The molecular weight excluding hydrogens is 432 g/mol. The molecule has 2 aliphatic rings. The highest BCUT2D eigenvalue weighted by Gasteiger charge is 2.61. The van der Waals surface area contributed by atoms with Gasteiger partial charge < -0.3 is 25.3 Å². The van der Waals surface area contributed by atoms with Gasteiger partial charge in [0, 0.05) is 23.4 Å². The average molecular weight is 461 g/mol. The predicted octanol–water partition coefficient (Wildman–Crippen LogP) is 4.19. The first kappa shape index (κ1) is 23.8. The molecule has 1 amide bonds. The molecule has 0 aliphatic carbocycles. The number of rotatable bonds is 4. The van der Waals surface area contributed by atoms with Gasteiger partial charge in [0.25, 0.3) is 11.9 Å². The molecule has 32 heavy (non-hydrogen) atoms. The van der Waals surface area contributed by atoms with E-state index in [1.807, 2.05) is 39.8 Å². The fourth-order valence-electron chi connectivity index (χ4n) is 4.08. The molecule has 0 unspecified atom stereocenters. The summed E-state index contributed by atoms with van der Waals surface area (Å²) in [5.74, 6) is 0.235. The SMILES string of the molecule is CC.CC1(C)Oc2ccc(NC(=O)c3ccc(Cl)cn3)cc2[C@@H](COC(=N)N)C12COC2. The third kappa shape index (κ3) is 4.38. The van der Waals surface area contributed by atoms with Gasteiger partial charge in [-0.2, -0.15) is 0 Å². The standard InChI is InChI=1S/C21H23ClN4O4.C2H6/c1-20(2)21(10-28-11-21)15(9-29-19(23)24)14-7-13(4-6-17(14)30-20)26-18(27)16-5-3-12(22)8-25-16;1-2/h3-8,15H,9-11H2,1-2H3,(H3,23,24)(H,26,27);1-2H3/t15-;/m1./s1. The van der Waals surface area contributed by atoms with Crippen molar-refractivity contribution in [1.29, 1.82) is 5.41 Å². The van der Waals surface area contributed by atoms with E-state index in [4.69, 9.17) is 37.0 Å². The summed E-state index contributed by atoms with van der Waals surface area (Å²) in [6, 6.07) is 8.31. The minimum Gasteiger partial charge on any atom is -0.487 e. The lowest BCUT2D eigenvalue weighted by molar-refractivity contribution is -0.224. The molecule has 1 aromatic heterocycles. The second-order valence-corrected chi connectivity index (χ2v) is 8.49. The van der Waals surface area contributed by atoms with Crippen LogP contribution in [0, 0.1) is 10.8 Å². The summed E-state index contributed by atoms with van der Waals surface area (Å²) in [5.41, 5.74) is 6.35. The number of anilines is 1. The maximum atomic E-state index is 12.6. The van der Waals surface area contributed by atoms with Gasteiger partial charge in [0.1, 0.15) is 17.0 Å². The van der Waals surface area contributed by atoms with Gasteiger partial charge >= 0.3 is 0 Å². The van der Waals surface area contributed by atoms with Crippen molar-refractivity contribution in [2.24, 2.45) is 11.1 Å². The normalized spacial score (nSPS) is 19.3. The molecule has 4 N–H and O–H groups in total. The van der Waals surface area contributed by atoms with Crippen LogP contribution >= 0.6 is 11.6 Å². The molecule has 4 rings (SSSR count). The van der Waals surface area contributed by atoms with Crippen molar-refractivity contribution in [3.63, 3.8) is 0 Å². The fourth-order valence-corrected chi connectivity index (χ4v) is 4.20. The zero-order chi connectivity index (χ0) is 23.5. The molecule has 1 atom stereocenters. The van der Waals surface area contributed by atoms with Gasteiger partial charge in [-0.25, -0.2) is 4.98 Å². The maximum Gasteiger partial charge on any atom is 0.279 e. The van der Waals surface area contributed by atoms with Gasteiger partial charge in [-0.15, -0.1) is 0 Å². The molecule has 9 heteroatoms. The zero-order valence-corrected chi connectivity index (χ0v) is 19.5. The number of pyridine rings is 1. The number of hydrogen-bond donors (Lipinski definition) is 3. The third-order valence-corrected chi connectivity index (χ3v) is 6.18. The van der Waals surface area contributed by atoms with Crippen LogP contribution in [0.1, 0.15) is 49.7 Å². The Kier molecular flexibility index (Phi) is 6.95. The molecule has 2 aromatic rings. The highest BCUT2D eigenvalue weighted by Crippen LogP contribution is 2.57. The summed E-state index contributed by atoms with van der Waals surface area (Å²) in [6.07, 6.45) is 1.43. The molecule has 0 saturated carbocycles. The van der Waals surface area contributed by atoms with Crippen LogP contribution in [-0.4, -0.2) is 42.3 Å². The van der Waals surface area contributed by atoms with Crippen molar-refractivity contribution in [2.75, 3.05) is 25.1 Å². The number of carbonyl (C=O) groups excluding carboxylic acids is 1. The second kappa shape index (κ2) is 9.34. The number of amidine groups is 1. The highest BCUT2D eigenvalue weighted by molar-refractivity contribution is 6.30. The molecule has 8 nitrogen and oxygen atoms in total. The number of ether oxygens (including phenoxy) is 3. The molecule has 0 bridgehead atoms. The lowest BCUT2D eigenvalue weighted by atomic mass is 9.60. The number of nitrogens with zero attached hydrogens (tertiary/aromatic N) is 1. The number of halogens is 1. The van der Waals surface area contributed by atoms with Gasteiger partial charge in [-0.1, -0.05) is 25.4 Å². The van der Waals surface area contributed by atoms with Crippen LogP contribution in [-0.2, 0) is 9.47 Å². The molecule has 1 spiro atoms. The van der Waals surface area contributed by atoms with Crippen LogP contribution in [0.15, 0.2) is 36.5 Å². The maximum absolute atomic E-state index is 12.6. The minimum absolute atomic E-state index is 0.126. The summed E-state index contributed by atoms with van der Waals surface area (Å²) < 4.78 is 17.3. The lowest BCUT2D eigenvalue weighted by Gasteiger charge is -2.58. The Hall–Kier alpha value is -2.84. The van der Waals surface area contributed by atoms with Crippen LogP contribution in [0.25, 0.3) is 0 Å². The average Bonchev–Trinajstić information content (AvgIpc) is 2.72. The number of aromatic nitrogens is 1. The molecule has 2 aliphatic heterocycles. The van der Waals surface area contributed by atoms with E-state index in [0.29, 0.717) is 29.7 Å². The van der Waals surface area contributed by atoms with Crippen molar-refractivity contribution in [3.05, 3.63) is 52.8 Å². The van der Waals surface area contributed by atoms with Crippen LogP contribution in [0.4, 0.5) is 5.69 Å². The number of nitrogens with one attached hydrogen (secondary N) is 2. The first-order chi connectivity index (χ1) is 15.2. The molecule has 3 heterocycles. The molecule has 1 aromatic carbocycles. The van der Waals surface area contributed by atoms with Crippen molar-refractivity contribution >= 4 is 29.2 Å². The number of carbonyl (C=O) groups is 1. The number of amides is 1. The summed E-state index contributed by atoms with van der Waals surface area (Å²) in [7, 11) is 0. The molecule has 172 valence electrons. The first-order valence-corrected chi connectivity index (χ1v) is 10.9. The van der Waals surface area contributed by atoms with E-state index >= 15 is 0 Å². The van der Waals surface area contributed by atoms with E-state index in [1.54, 1.807) is 18.2 Å². The van der Waals surface area contributed by atoms with Crippen LogP contribution < -0.4 is 15.8 Å². The molecule has 1 fully saturated rings. The summed E-state index contributed by atoms with van der Waals surface area (Å²) >= 11 is 5.84.